The Hall–Kier alpha value is -2.84. The van der Waals surface area contributed by atoms with Gasteiger partial charge in [-0.2, -0.15) is 0 Å². The Kier molecular flexibility index (Phi) is 4.73. The first-order chi connectivity index (χ1) is 14.2. The normalized spacial score (nSPS) is 14.5. The van der Waals surface area contributed by atoms with Gasteiger partial charge < -0.3 is 9.80 Å². The number of carbonyl (C=O) groups excluding carboxylic acids is 1. The molecule has 5 rings (SSSR count). The van der Waals surface area contributed by atoms with Crippen LogP contribution in [0.5, 0.6) is 0 Å². The second-order valence-electron chi connectivity index (χ2n) is 6.90. The van der Waals surface area contributed by atoms with E-state index in [9.17, 15) is 4.79 Å². The van der Waals surface area contributed by atoms with Crippen LogP contribution in [0.25, 0.3) is 20.9 Å². The van der Waals surface area contributed by atoms with Gasteiger partial charge in [-0.3, -0.25) is 4.79 Å². The molecule has 0 N–H and O–H groups in total. The molecule has 0 radical (unpaired) electrons. The highest BCUT2D eigenvalue weighted by molar-refractivity contribution is 7.21. The quantitative estimate of drug-likeness (QED) is 0.499. The summed E-state index contributed by atoms with van der Waals surface area (Å²) in [4.78, 5) is 32.7. The number of aryl methyl sites for hydroxylation is 1. The van der Waals surface area contributed by atoms with Gasteiger partial charge >= 0.3 is 0 Å². The zero-order valence-corrected chi connectivity index (χ0v) is 17.5. The summed E-state index contributed by atoms with van der Waals surface area (Å²) in [6, 6.07) is 13.9. The molecule has 8 heteroatoms. The summed E-state index contributed by atoms with van der Waals surface area (Å²) >= 11 is 3.09. The molecular weight excluding hydrogens is 402 g/mol. The predicted molar refractivity (Wildman–Crippen MR) is 118 cm³/mol. The fourth-order valence-corrected chi connectivity index (χ4v) is 5.44. The molecule has 6 nitrogen and oxygen atoms in total. The Balaban J connectivity index is 1.29. The van der Waals surface area contributed by atoms with Gasteiger partial charge in [-0.05, 0) is 19.1 Å². The number of hydrogen-bond acceptors (Lipinski definition) is 7. The SMILES string of the molecule is Cc1nc(-c2ccccc2)sc1C(=O)N1CCN(c2nc3cccnc3s2)CC1. The van der Waals surface area contributed by atoms with Gasteiger partial charge in [-0.1, -0.05) is 41.7 Å². The topological polar surface area (TPSA) is 62.2 Å². The van der Waals surface area contributed by atoms with E-state index in [0.717, 1.165) is 49.7 Å². The number of fused-ring (bicyclic) bond motifs is 1. The van der Waals surface area contributed by atoms with Gasteiger partial charge in [0.25, 0.3) is 5.91 Å². The van der Waals surface area contributed by atoms with Crippen molar-refractivity contribution in [3.05, 3.63) is 59.2 Å². The highest BCUT2D eigenvalue weighted by Gasteiger charge is 2.27. The van der Waals surface area contributed by atoms with Gasteiger partial charge in [0, 0.05) is 37.9 Å². The number of hydrogen-bond donors (Lipinski definition) is 0. The van der Waals surface area contributed by atoms with Gasteiger partial charge in [0.1, 0.15) is 20.2 Å². The van der Waals surface area contributed by atoms with E-state index < -0.39 is 0 Å². The number of rotatable bonds is 3. The Morgan fingerprint density at radius 1 is 0.966 bits per heavy atom. The van der Waals surface area contributed by atoms with Crippen LogP contribution < -0.4 is 4.90 Å². The average Bonchev–Trinajstić information content (AvgIpc) is 3.38. The van der Waals surface area contributed by atoms with Gasteiger partial charge in [0.15, 0.2) is 5.13 Å². The third-order valence-electron chi connectivity index (χ3n) is 5.00. The number of benzene rings is 1. The van der Waals surface area contributed by atoms with Crippen LogP contribution in [-0.4, -0.2) is 51.9 Å². The number of nitrogens with zero attached hydrogens (tertiary/aromatic N) is 5. The summed E-state index contributed by atoms with van der Waals surface area (Å²) in [7, 11) is 0. The molecule has 0 spiro atoms. The van der Waals surface area contributed by atoms with Crippen LogP contribution in [-0.2, 0) is 0 Å². The largest absolute Gasteiger partial charge is 0.344 e. The summed E-state index contributed by atoms with van der Waals surface area (Å²) in [5, 5.41) is 1.87. The molecule has 0 atom stereocenters. The van der Waals surface area contributed by atoms with Crippen molar-refractivity contribution in [2.45, 2.75) is 6.92 Å². The van der Waals surface area contributed by atoms with E-state index in [4.69, 9.17) is 0 Å². The Bertz CT molecular complexity index is 1130. The van der Waals surface area contributed by atoms with Crippen molar-refractivity contribution in [2.75, 3.05) is 31.1 Å². The molecule has 1 aliphatic rings. The van der Waals surface area contributed by atoms with Crippen LogP contribution in [0.4, 0.5) is 5.13 Å². The second-order valence-corrected chi connectivity index (χ2v) is 8.86. The van der Waals surface area contributed by atoms with Crippen molar-refractivity contribution in [2.24, 2.45) is 0 Å². The average molecular weight is 422 g/mol. The van der Waals surface area contributed by atoms with Crippen molar-refractivity contribution in [3.8, 4) is 10.6 Å². The summed E-state index contributed by atoms with van der Waals surface area (Å²) in [5.41, 5.74) is 2.78. The summed E-state index contributed by atoms with van der Waals surface area (Å²) in [6.07, 6.45) is 1.79. The van der Waals surface area contributed by atoms with E-state index in [1.807, 2.05) is 54.3 Å². The minimum Gasteiger partial charge on any atom is -0.344 e. The highest BCUT2D eigenvalue weighted by Crippen LogP contribution is 2.30. The van der Waals surface area contributed by atoms with Crippen molar-refractivity contribution in [1.82, 2.24) is 19.9 Å². The Morgan fingerprint density at radius 2 is 1.76 bits per heavy atom. The predicted octanol–water partition coefficient (Wildman–Crippen LogP) is 4.09. The standard InChI is InChI=1S/C21H19N5OS2/c1-14-17(28-18(23-14)15-6-3-2-4-7-15)20(27)25-10-12-26(13-11-25)21-24-16-8-5-9-22-19(16)29-21/h2-9H,10-13H2,1H3. The van der Waals surface area contributed by atoms with E-state index in [1.54, 1.807) is 17.5 Å². The van der Waals surface area contributed by atoms with Crippen molar-refractivity contribution in [1.29, 1.82) is 0 Å². The number of pyridine rings is 1. The molecule has 146 valence electrons. The number of piperazine rings is 1. The maximum absolute atomic E-state index is 13.1. The minimum atomic E-state index is 0.0767. The van der Waals surface area contributed by atoms with Crippen molar-refractivity contribution in [3.63, 3.8) is 0 Å². The number of aromatic nitrogens is 3. The Morgan fingerprint density at radius 3 is 2.52 bits per heavy atom. The van der Waals surface area contributed by atoms with Gasteiger partial charge in [0.2, 0.25) is 0 Å². The van der Waals surface area contributed by atoms with Gasteiger partial charge in [0.05, 0.1) is 5.69 Å². The molecule has 4 aromatic rings. The second kappa shape index (κ2) is 7.53. The van der Waals surface area contributed by atoms with Crippen molar-refractivity contribution >= 4 is 44.1 Å². The molecule has 0 saturated carbocycles. The maximum Gasteiger partial charge on any atom is 0.265 e. The first-order valence-electron chi connectivity index (χ1n) is 9.48. The van der Waals surface area contributed by atoms with Gasteiger partial charge in [-0.15, -0.1) is 11.3 Å². The van der Waals surface area contributed by atoms with E-state index >= 15 is 0 Å². The molecule has 1 aliphatic heterocycles. The molecule has 1 amide bonds. The van der Waals surface area contributed by atoms with Crippen LogP contribution in [0, 0.1) is 6.92 Å². The minimum absolute atomic E-state index is 0.0767. The maximum atomic E-state index is 13.1. The van der Waals surface area contributed by atoms with E-state index in [1.165, 1.54) is 11.3 Å². The monoisotopic (exact) mass is 421 g/mol. The number of amides is 1. The molecule has 29 heavy (non-hydrogen) atoms. The summed E-state index contributed by atoms with van der Waals surface area (Å²) in [6.45, 7) is 4.82. The molecule has 0 bridgehead atoms. The Labute approximate surface area is 176 Å². The third-order valence-corrected chi connectivity index (χ3v) is 7.24. The number of anilines is 1. The van der Waals surface area contributed by atoms with E-state index in [0.29, 0.717) is 13.1 Å². The molecule has 0 unspecified atom stereocenters. The molecule has 3 aromatic heterocycles. The zero-order chi connectivity index (χ0) is 19.8. The van der Waals surface area contributed by atoms with Crippen LogP contribution in [0.3, 0.4) is 0 Å². The lowest BCUT2D eigenvalue weighted by atomic mass is 10.2. The molecular formula is C21H19N5OS2. The molecule has 1 aromatic carbocycles. The fourth-order valence-electron chi connectivity index (χ4n) is 3.44. The lowest BCUT2D eigenvalue weighted by molar-refractivity contribution is 0.0750. The van der Waals surface area contributed by atoms with Crippen LogP contribution >= 0.6 is 22.7 Å². The lowest BCUT2D eigenvalue weighted by Gasteiger charge is -2.34. The molecule has 0 aliphatic carbocycles. The number of thiazole rings is 2. The van der Waals surface area contributed by atoms with Crippen molar-refractivity contribution < 1.29 is 4.79 Å². The first kappa shape index (κ1) is 18.2. The smallest absolute Gasteiger partial charge is 0.265 e. The van der Waals surface area contributed by atoms with Crippen LogP contribution in [0.1, 0.15) is 15.4 Å². The molecule has 1 saturated heterocycles. The first-order valence-corrected chi connectivity index (χ1v) is 11.1. The molecule has 1 fully saturated rings. The van der Waals surface area contributed by atoms with E-state index in [-0.39, 0.29) is 5.91 Å². The fraction of sp³-hybridized carbons (Fsp3) is 0.238. The lowest BCUT2D eigenvalue weighted by Crippen LogP contribution is -2.48. The van der Waals surface area contributed by atoms with Gasteiger partial charge in [-0.25, -0.2) is 15.0 Å². The molecule has 4 heterocycles. The van der Waals surface area contributed by atoms with Crippen LogP contribution in [0.2, 0.25) is 0 Å². The highest BCUT2D eigenvalue weighted by atomic mass is 32.1. The summed E-state index contributed by atoms with van der Waals surface area (Å²) < 4.78 is 0. The van der Waals surface area contributed by atoms with Crippen LogP contribution in [0.15, 0.2) is 48.7 Å². The zero-order valence-electron chi connectivity index (χ0n) is 15.9. The number of carbonyl (C=O) groups is 1. The third kappa shape index (κ3) is 3.49. The van der Waals surface area contributed by atoms with E-state index in [2.05, 4.69) is 19.9 Å². The summed E-state index contributed by atoms with van der Waals surface area (Å²) in [5.74, 6) is 0.0767.